The number of piperazine rings is 1. The summed E-state index contributed by atoms with van der Waals surface area (Å²) >= 11 is 5.93. The van der Waals surface area contributed by atoms with E-state index in [1.165, 1.54) is 0 Å². The predicted octanol–water partition coefficient (Wildman–Crippen LogP) is 1.59. The molecule has 0 aliphatic carbocycles. The van der Waals surface area contributed by atoms with Gasteiger partial charge in [-0.1, -0.05) is 23.7 Å². The normalized spacial score (nSPS) is 15.6. The van der Waals surface area contributed by atoms with Crippen LogP contribution in [0.5, 0.6) is 0 Å². The Hall–Kier alpha value is -1.02. The van der Waals surface area contributed by atoms with E-state index >= 15 is 0 Å². The summed E-state index contributed by atoms with van der Waals surface area (Å²) in [5.74, 6) is 0.658. The molecule has 1 aromatic carbocycles. The van der Waals surface area contributed by atoms with Crippen LogP contribution in [0.4, 0.5) is 0 Å². The highest BCUT2D eigenvalue weighted by atomic mass is 127. The molecular weight excluding hydrogens is 403 g/mol. The van der Waals surface area contributed by atoms with Crippen molar-refractivity contribution in [2.45, 2.75) is 6.42 Å². The lowest BCUT2D eigenvalue weighted by molar-refractivity contribution is -0.131. The number of hydrogen-bond acceptors (Lipinski definition) is 2. The maximum absolute atomic E-state index is 12.2. The Morgan fingerprint density at radius 2 is 1.90 bits per heavy atom. The fourth-order valence-electron chi connectivity index (χ4n) is 2.26. The third-order valence-electron chi connectivity index (χ3n) is 3.43. The third-order valence-corrected chi connectivity index (χ3v) is 3.66. The lowest BCUT2D eigenvalue weighted by atomic mass is 10.1. The first kappa shape index (κ1) is 18.0. The molecule has 0 spiro atoms. The zero-order valence-corrected chi connectivity index (χ0v) is 15.0. The Kier molecular flexibility index (Phi) is 7.24. The smallest absolute Gasteiger partial charge is 0.227 e. The average molecular weight is 423 g/mol. The van der Waals surface area contributed by atoms with Gasteiger partial charge in [-0.3, -0.25) is 9.79 Å². The summed E-state index contributed by atoms with van der Waals surface area (Å²) in [5, 5.41) is 0.659. The number of guanidine groups is 1. The molecule has 0 atom stereocenters. The molecule has 21 heavy (non-hydrogen) atoms. The van der Waals surface area contributed by atoms with Crippen molar-refractivity contribution in [1.82, 2.24) is 9.80 Å². The molecule has 2 rings (SSSR count). The molecular formula is C14H20ClIN4O. The molecule has 1 aliphatic rings. The molecule has 0 saturated carbocycles. The molecule has 1 fully saturated rings. The van der Waals surface area contributed by atoms with Crippen LogP contribution < -0.4 is 5.73 Å². The topological polar surface area (TPSA) is 61.9 Å². The van der Waals surface area contributed by atoms with Crippen LogP contribution in [0.3, 0.4) is 0 Å². The van der Waals surface area contributed by atoms with Gasteiger partial charge in [0.05, 0.1) is 6.42 Å². The standard InChI is InChI=1S/C14H19ClN4O.HI/c1-17-14(16)19-7-5-18(6-8-19)13(20)10-11-3-2-4-12(15)9-11;/h2-4,9H,5-8,10H2,1H3,(H2,16,17);1H. The van der Waals surface area contributed by atoms with Crippen molar-refractivity contribution >= 4 is 47.4 Å². The van der Waals surface area contributed by atoms with Gasteiger partial charge >= 0.3 is 0 Å². The lowest BCUT2D eigenvalue weighted by Crippen LogP contribution is -2.52. The number of carbonyl (C=O) groups is 1. The minimum Gasteiger partial charge on any atom is -0.370 e. The zero-order chi connectivity index (χ0) is 14.5. The highest BCUT2D eigenvalue weighted by molar-refractivity contribution is 14.0. The summed E-state index contributed by atoms with van der Waals surface area (Å²) in [6.07, 6.45) is 0.387. The van der Waals surface area contributed by atoms with E-state index < -0.39 is 0 Å². The fourth-order valence-corrected chi connectivity index (χ4v) is 2.47. The summed E-state index contributed by atoms with van der Waals surface area (Å²) in [7, 11) is 1.67. The van der Waals surface area contributed by atoms with Crippen molar-refractivity contribution in [3.8, 4) is 0 Å². The quantitative estimate of drug-likeness (QED) is 0.447. The third kappa shape index (κ3) is 5.03. The first-order valence-corrected chi connectivity index (χ1v) is 6.97. The lowest BCUT2D eigenvalue weighted by Gasteiger charge is -2.35. The van der Waals surface area contributed by atoms with Crippen molar-refractivity contribution in [1.29, 1.82) is 0 Å². The van der Waals surface area contributed by atoms with Gasteiger partial charge in [-0.2, -0.15) is 0 Å². The van der Waals surface area contributed by atoms with Crippen LogP contribution in [-0.4, -0.2) is 54.9 Å². The number of amides is 1. The molecule has 0 aromatic heterocycles. The molecule has 0 radical (unpaired) electrons. The molecule has 1 aliphatic heterocycles. The molecule has 0 bridgehead atoms. The Morgan fingerprint density at radius 1 is 1.29 bits per heavy atom. The van der Waals surface area contributed by atoms with Gasteiger partial charge in [0.25, 0.3) is 0 Å². The van der Waals surface area contributed by atoms with E-state index in [9.17, 15) is 4.79 Å². The van der Waals surface area contributed by atoms with E-state index in [4.69, 9.17) is 17.3 Å². The Balaban J connectivity index is 0.00000220. The monoisotopic (exact) mass is 422 g/mol. The maximum Gasteiger partial charge on any atom is 0.227 e. The SMILES string of the molecule is CN=C(N)N1CCN(C(=O)Cc2cccc(Cl)c2)CC1.I. The second-order valence-corrected chi connectivity index (χ2v) is 5.19. The van der Waals surface area contributed by atoms with Gasteiger partial charge in [0, 0.05) is 38.2 Å². The van der Waals surface area contributed by atoms with Crippen LogP contribution >= 0.6 is 35.6 Å². The summed E-state index contributed by atoms with van der Waals surface area (Å²) in [5.41, 5.74) is 6.71. The number of rotatable bonds is 2. The van der Waals surface area contributed by atoms with Crippen molar-refractivity contribution in [3.05, 3.63) is 34.9 Å². The van der Waals surface area contributed by atoms with Crippen molar-refractivity contribution in [3.63, 3.8) is 0 Å². The van der Waals surface area contributed by atoms with Crippen molar-refractivity contribution in [2.75, 3.05) is 33.2 Å². The Morgan fingerprint density at radius 3 is 2.48 bits per heavy atom. The number of benzene rings is 1. The molecule has 1 amide bonds. The average Bonchev–Trinajstić information content (AvgIpc) is 2.46. The van der Waals surface area contributed by atoms with Gasteiger partial charge in [-0.05, 0) is 17.7 Å². The summed E-state index contributed by atoms with van der Waals surface area (Å²) in [6, 6.07) is 7.42. The first-order valence-electron chi connectivity index (χ1n) is 6.59. The molecule has 7 heteroatoms. The summed E-state index contributed by atoms with van der Waals surface area (Å²) in [6.45, 7) is 2.81. The Labute approximate surface area is 147 Å². The highest BCUT2D eigenvalue weighted by Gasteiger charge is 2.21. The van der Waals surface area contributed by atoms with Crippen LogP contribution in [0.1, 0.15) is 5.56 Å². The maximum atomic E-state index is 12.2. The van der Waals surface area contributed by atoms with Crippen LogP contribution in [0.15, 0.2) is 29.3 Å². The predicted molar refractivity (Wildman–Crippen MR) is 96.3 cm³/mol. The number of carbonyl (C=O) groups excluding carboxylic acids is 1. The number of nitrogens with zero attached hydrogens (tertiary/aromatic N) is 3. The molecule has 1 saturated heterocycles. The number of hydrogen-bond donors (Lipinski definition) is 1. The van der Waals surface area contributed by atoms with Crippen molar-refractivity contribution < 1.29 is 4.79 Å². The highest BCUT2D eigenvalue weighted by Crippen LogP contribution is 2.12. The van der Waals surface area contributed by atoms with E-state index in [0.29, 0.717) is 30.5 Å². The van der Waals surface area contributed by atoms with Crippen LogP contribution in [0.2, 0.25) is 5.02 Å². The second kappa shape index (κ2) is 8.43. The Bertz CT molecular complexity index is 515. The van der Waals surface area contributed by atoms with E-state index in [2.05, 4.69) is 4.99 Å². The minimum atomic E-state index is 0. The molecule has 5 nitrogen and oxygen atoms in total. The van der Waals surface area contributed by atoms with Gasteiger partial charge in [0.15, 0.2) is 5.96 Å². The zero-order valence-electron chi connectivity index (χ0n) is 12.0. The van der Waals surface area contributed by atoms with Crippen LogP contribution in [0.25, 0.3) is 0 Å². The van der Waals surface area contributed by atoms with E-state index in [1.807, 2.05) is 28.0 Å². The molecule has 1 heterocycles. The van der Waals surface area contributed by atoms with Crippen molar-refractivity contribution in [2.24, 2.45) is 10.7 Å². The largest absolute Gasteiger partial charge is 0.370 e. The second-order valence-electron chi connectivity index (χ2n) is 4.76. The molecule has 0 unspecified atom stereocenters. The van der Waals surface area contributed by atoms with E-state index in [-0.39, 0.29) is 29.9 Å². The van der Waals surface area contributed by atoms with Gasteiger partial charge in [0.2, 0.25) is 5.91 Å². The van der Waals surface area contributed by atoms with Gasteiger partial charge in [-0.25, -0.2) is 0 Å². The van der Waals surface area contributed by atoms with Crippen LogP contribution in [0, 0.1) is 0 Å². The number of nitrogens with two attached hydrogens (primary N) is 1. The van der Waals surface area contributed by atoms with Gasteiger partial charge < -0.3 is 15.5 Å². The molecule has 116 valence electrons. The minimum absolute atomic E-state index is 0. The number of halogens is 2. The van der Waals surface area contributed by atoms with Gasteiger partial charge in [-0.15, -0.1) is 24.0 Å². The number of aliphatic imine (C=N–C) groups is 1. The summed E-state index contributed by atoms with van der Waals surface area (Å²) < 4.78 is 0. The molecule has 1 aromatic rings. The summed E-state index contributed by atoms with van der Waals surface area (Å²) in [4.78, 5) is 20.0. The van der Waals surface area contributed by atoms with Crippen LogP contribution in [-0.2, 0) is 11.2 Å². The fraction of sp³-hybridized carbons (Fsp3) is 0.429. The first-order chi connectivity index (χ1) is 9.60. The molecule has 2 N–H and O–H groups in total. The van der Waals surface area contributed by atoms with E-state index in [0.717, 1.165) is 18.7 Å². The van der Waals surface area contributed by atoms with Gasteiger partial charge in [0.1, 0.15) is 0 Å². The van der Waals surface area contributed by atoms with E-state index in [1.54, 1.807) is 13.1 Å².